The van der Waals surface area contributed by atoms with Crippen molar-refractivity contribution >= 4 is 16.0 Å². The minimum absolute atomic E-state index is 0.0430. The lowest BCUT2D eigenvalue weighted by Crippen LogP contribution is -2.35. The maximum absolute atomic E-state index is 12.3. The van der Waals surface area contributed by atoms with Crippen molar-refractivity contribution in [2.75, 3.05) is 20.3 Å². The Bertz CT molecular complexity index is 559. The molecule has 1 fully saturated rings. The minimum atomic E-state index is -3.80. The molecular weight excluding hydrogens is 274 g/mol. The van der Waals surface area contributed by atoms with Crippen molar-refractivity contribution in [3.63, 3.8) is 0 Å². The Kier molecular flexibility index (Phi) is 3.93. The Morgan fingerprint density at radius 1 is 1.53 bits per heavy atom. The highest BCUT2D eigenvalue weighted by Crippen LogP contribution is 2.32. The van der Waals surface area contributed by atoms with E-state index in [2.05, 4.69) is 0 Å². The van der Waals surface area contributed by atoms with Crippen LogP contribution in [0.3, 0.4) is 0 Å². The van der Waals surface area contributed by atoms with Gasteiger partial charge in [-0.15, -0.1) is 0 Å². The highest BCUT2D eigenvalue weighted by molar-refractivity contribution is 7.89. The number of carboxylic acid groups (broad SMARTS) is 1. The minimum Gasteiger partial charge on any atom is -0.475 e. The van der Waals surface area contributed by atoms with E-state index in [0.29, 0.717) is 0 Å². The Labute approximate surface area is 110 Å². The number of hydrogen-bond donors (Lipinski definition) is 1. The van der Waals surface area contributed by atoms with Crippen LogP contribution in [0.1, 0.15) is 23.4 Å². The number of nitrogens with zero attached hydrogens (tertiary/aromatic N) is 1. The van der Waals surface area contributed by atoms with Gasteiger partial charge in [0.15, 0.2) is 0 Å². The molecule has 0 spiro atoms. The maximum atomic E-state index is 12.3. The first-order chi connectivity index (χ1) is 8.96. The monoisotopic (exact) mass is 289 g/mol. The number of furan rings is 1. The van der Waals surface area contributed by atoms with Crippen LogP contribution in [-0.4, -0.2) is 50.1 Å². The summed E-state index contributed by atoms with van der Waals surface area (Å²) in [6, 6.07) is 2.26. The quantitative estimate of drug-likeness (QED) is 0.796. The van der Waals surface area contributed by atoms with Gasteiger partial charge in [0.25, 0.3) is 10.0 Å². The van der Waals surface area contributed by atoms with Crippen LogP contribution in [0.2, 0.25) is 0 Å². The molecule has 1 aliphatic carbocycles. The van der Waals surface area contributed by atoms with E-state index in [1.165, 1.54) is 17.5 Å². The van der Waals surface area contributed by atoms with Crippen LogP contribution < -0.4 is 0 Å². The number of sulfonamides is 1. The van der Waals surface area contributed by atoms with E-state index in [0.717, 1.165) is 18.9 Å². The van der Waals surface area contributed by atoms with Crippen LogP contribution in [0.25, 0.3) is 0 Å². The third-order valence-corrected chi connectivity index (χ3v) is 4.65. The van der Waals surface area contributed by atoms with Gasteiger partial charge in [-0.2, -0.15) is 4.31 Å². The van der Waals surface area contributed by atoms with Crippen molar-refractivity contribution in [1.29, 1.82) is 0 Å². The van der Waals surface area contributed by atoms with Crippen LogP contribution in [0.4, 0.5) is 0 Å². The first-order valence-electron chi connectivity index (χ1n) is 5.80. The summed E-state index contributed by atoms with van der Waals surface area (Å²) in [5.41, 5.74) is 0. The van der Waals surface area contributed by atoms with Gasteiger partial charge in [-0.05, 0) is 25.0 Å². The van der Waals surface area contributed by atoms with E-state index in [-0.39, 0.29) is 30.0 Å². The summed E-state index contributed by atoms with van der Waals surface area (Å²) in [5.74, 6) is -1.68. The highest BCUT2D eigenvalue weighted by Gasteiger charge is 2.39. The fourth-order valence-corrected chi connectivity index (χ4v) is 3.32. The molecule has 1 saturated carbocycles. The van der Waals surface area contributed by atoms with Gasteiger partial charge in [0, 0.05) is 19.7 Å². The highest BCUT2D eigenvalue weighted by atomic mass is 32.2. The molecule has 106 valence electrons. The van der Waals surface area contributed by atoms with E-state index in [1.54, 1.807) is 0 Å². The van der Waals surface area contributed by atoms with E-state index in [9.17, 15) is 13.2 Å². The predicted octanol–water partition coefficient (Wildman–Crippen LogP) is 0.777. The summed E-state index contributed by atoms with van der Waals surface area (Å²) in [6.07, 6.45) is 1.60. The molecule has 1 aromatic rings. The molecule has 1 aliphatic rings. The second kappa shape index (κ2) is 5.32. The number of rotatable bonds is 7. The van der Waals surface area contributed by atoms with E-state index >= 15 is 0 Å². The molecule has 0 amide bonds. The molecule has 0 saturated heterocycles. The Morgan fingerprint density at radius 3 is 2.68 bits per heavy atom. The number of methoxy groups -OCH3 is 1. The van der Waals surface area contributed by atoms with Gasteiger partial charge in [0.1, 0.15) is 0 Å². The number of carbonyl (C=O) groups is 1. The molecule has 0 atom stereocenters. The Hall–Kier alpha value is -1.38. The molecule has 0 aromatic carbocycles. The van der Waals surface area contributed by atoms with Crippen LogP contribution in [-0.2, 0) is 14.8 Å². The van der Waals surface area contributed by atoms with Crippen molar-refractivity contribution in [3.8, 4) is 0 Å². The van der Waals surface area contributed by atoms with Crippen molar-refractivity contribution in [3.05, 3.63) is 17.9 Å². The van der Waals surface area contributed by atoms with Crippen molar-refractivity contribution < 1.29 is 27.5 Å². The molecule has 1 aromatic heterocycles. The second-order valence-electron chi connectivity index (χ2n) is 4.26. The van der Waals surface area contributed by atoms with Gasteiger partial charge in [-0.1, -0.05) is 0 Å². The molecular formula is C11H15NO6S. The molecule has 2 rings (SSSR count). The first kappa shape index (κ1) is 14.0. The van der Waals surface area contributed by atoms with Gasteiger partial charge in [-0.3, -0.25) is 0 Å². The summed E-state index contributed by atoms with van der Waals surface area (Å²) >= 11 is 0. The fourth-order valence-electron chi connectivity index (χ4n) is 1.73. The third-order valence-electron chi connectivity index (χ3n) is 2.83. The van der Waals surface area contributed by atoms with E-state index < -0.39 is 16.0 Å². The van der Waals surface area contributed by atoms with E-state index in [1.807, 2.05) is 0 Å². The molecule has 0 aliphatic heterocycles. The van der Waals surface area contributed by atoms with Crippen LogP contribution in [0, 0.1) is 0 Å². The Balaban J connectivity index is 2.25. The normalized spacial score (nSPS) is 15.9. The molecule has 1 heterocycles. The van der Waals surface area contributed by atoms with Gasteiger partial charge >= 0.3 is 5.97 Å². The number of carboxylic acids is 1. The maximum Gasteiger partial charge on any atom is 0.371 e. The third kappa shape index (κ3) is 2.96. The zero-order chi connectivity index (χ0) is 14.0. The zero-order valence-electron chi connectivity index (χ0n) is 10.4. The molecule has 0 radical (unpaired) electrons. The van der Waals surface area contributed by atoms with Crippen molar-refractivity contribution in [1.82, 2.24) is 4.31 Å². The van der Waals surface area contributed by atoms with Crippen LogP contribution in [0.15, 0.2) is 21.6 Å². The standard InChI is InChI=1S/C11H15NO6S/c1-17-7-6-12(8-2-3-8)19(15,16)10-5-4-9(18-10)11(13)14/h4-5,8H,2-3,6-7H2,1H3,(H,13,14). The molecule has 0 bridgehead atoms. The lowest BCUT2D eigenvalue weighted by molar-refractivity contribution is 0.0656. The molecule has 0 unspecified atom stereocenters. The summed E-state index contributed by atoms with van der Waals surface area (Å²) in [6.45, 7) is 0.509. The summed E-state index contributed by atoms with van der Waals surface area (Å²) < 4.78 is 35.8. The summed E-state index contributed by atoms with van der Waals surface area (Å²) in [7, 11) is -2.31. The zero-order valence-corrected chi connectivity index (χ0v) is 11.2. The summed E-state index contributed by atoms with van der Waals surface area (Å²) in [4.78, 5) is 10.7. The topological polar surface area (TPSA) is 97.0 Å². The average Bonchev–Trinajstić information content (AvgIpc) is 3.04. The van der Waals surface area contributed by atoms with E-state index in [4.69, 9.17) is 14.3 Å². The molecule has 7 nitrogen and oxygen atoms in total. The van der Waals surface area contributed by atoms with Gasteiger partial charge in [-0.25, -0.2) is 13.2 Å². The largest absolute Gasteiger partial charge is 0.475 e. The SMILES string of the molecule is COCCN(C1CC1)S(=O)(=O)c1ccc(C(=O)O)o1. The summed E-state index contributed by atoms with van der Waals surface area (Å²) in [5, 5.41) is 8.40. The van der Waals surface area contributed by atoms with Crippen molar-refractivity contribution in [2.24, 2.45) is 0 Å². The smallest absolute Gasteiger partial charge is 0.371 e. The van der Waals surface area contributed by atoms with Crippen molar-refractivity contribution in [2.45, 2.75) is 24.0 Å². The number of hydrogen-bond acceptors (Lipinski definition) is 5. The molecule has 1 N–H and O–H groups in total. The van der Waals surface area contributed by atoms with Gasteiger partial charge in [0.05, 0.1) is 6.61 Å². The lowest BCUT2D eigenvalue weighted by Gasteiger charge is -2.19. The first-order valence-corrected chi connectivity index (χ1v) is 7.24. The number of ether oxygens (including phenoxy) is 1. The van der Waals surface area contributed by atoms with Crippen LogP contribution in [0.5, 0.6) is 0 Å². The Morgan fingerprint density at radius 2 is 2.21 bits per heavy atom. The van der Waals surface area contributed by atoms with Gasteiger partial charge in [0.2, 0.25) is 10.9 Å². The number of aromatic carboxylic acids is 1. The fraction of sp³-hybridized carbons (Fsp3) is 0.545. The second-order valence-corrected chi connectivity index (χ2v) is 6.09. The lowest BCUT2D eigenvalue weighted by atomic mass is 10.5. The molecule has 8 heteroatoms. The van der Waals surface area contributed by atoms with Gasteiger partial charge < -0.3 is 14.3 Å². The average molecular weight is 289 g/mol. The molecule has 19 heavy (non-hydrogen) atoms. The van der Waals surface area contributed by atoms with Crippen LogP contribution >= 0.6 is 0 Å². The predicted molar refractivity (Wildman–Crippen MR) is 64.5 cm³/mol.